The van der Waals surface area contributed by atoms with Gasteiger partial charge >= 0.3 is 0 Å². The number of fused-ring (bicyclic) bond motifs is 4. The van der Waals surface area contributed by atoms with Gasteiger partial charge in [-0.2, -0.15) is 0 Å². The molecule has 0 saturated heterocycles. The minimum Gasteiger partial charge on any atom is -0.450 e. The topological polar surface area (TPSA) is 30.5 Å². The highest BCUT2D eigenvalue weighted by atomic mass is 32.2. The van der Waals surface area contributed by atoms with Gasteiger partial charge in [0.15, 0.2) is 23.0 Å². The Morgan fingerprint density at radius 3 is 2.31 bits per heavy atom. The third-order valence-corrected chi connectivity index (χ3v) is 6.45. The van der Waals surface area contributed by atoms with E-state index in [1.807, 2.05) is 42.6 Å². The molecule has 1 atom stereocenters. The third-order valence-electron chi connectivity index (χ3n) is 5.28. The van der Waals surface area contributed by atoms with Crippen molar-refractivity contribution in [2.75, 3.05) is 0 Å². The van der Waals surface area contributed by atoms with E-state index in [0.717, 1.165) is 28.7 Å². The summed E-state index contributed by atoms with van der Waals surface area (Å²) in [6, 6.07) is 20.6. The quantitative estimate of drug-likeness (QED) is 0.387. The highest BCUT2D eigenvalue weighted by Gasteiger charge is 2.32. The number of rotatable bonds is 1. The van der Waals surface area contributed by atoms with E-state index in [0.29, 0.717) is 0 Å². The summed E-state index contributed by atoms with van der Waals surface area (Å²) in [7, 11) is 0. The molecule has 29 heavy (non-hydrogen) atoms. The van der Waals surface area contributed by atoms with Crippen molar-refractivity contribution >= 4 is 11.8 Å². The maximum atomic E-state index is 6.19. The number of hydrogen-bond donors (Lipinski definition) is 1. The number of allylic oxidation sites excluding steroid dienone is 5. The van der Waals surface area contributed by atoms with Crippen LogP contribution in [-0.2, 0) is 0 Å². The van der Waals surface area contributed by atoms with Gasteiger partial charge in [-0.1, -0.05) is 54.2 Å². The van der Waals surface area contributed by atoms with E-state index in [9.17, 15) is 0 Å². The Morgan fingerprint density at radius 1 is 0.690 bits per heavy atom. The molecule has 0 amide bonds. The summed E-state index contributed by atoms with van der Waals surface area (Å²) in [5.74, 6) is 3.11. The van der Waals surface area contributed by atoms with Crippen LogP contribution in [0, 0.1) is 0 Å². The molecule has 1 unspecified atom stereocenters. The molecular formula is C25H17NO2S. The van der Waals surface area contributed by atoms with E-state index < -0.39 is 0 Å². The Labute approximate surface area is 173 Å². The molecule has 0 aliphatic carbocycles. The predicted molar refractivity (Wildman–Crippen MR) is 115 cm³/mol. The minimum absolute atomic E-state index is 0.0981. The first kappa shape index (κ1) is 16.6. The van der Waals surface area contributed by atoms with Crippen LogP contribution in [0.25, 0.3) is 0 Å². The van der Waals surface area contributed by atoms with E-state index in [1.165, 1.54) is 20.9 Å². The molecule has 3 aliphatic heterocycles. The molecule has 0 aromatic heterocycles. The maximum Gasteiger partial charge on any atom is 0.171 e. The lowest BCUT2D eigenvalue weighted by molar-refractivity contribution is 0.358. The van der Waals surface area contributed by atoms with Crippen molar-refractivity contribution in [2.24, 2.45) is 0 Å². The molecule has 0 saturated carbocycles. The second kappa shape index (κ2) is 6.61. The number of hydrogen-bond acceptors (Lipinski definition) is 4. The second-order valence-electron chi connectivity index (χ2n) is 7.07. The van der Waals surface area contributed by atoms with Crippen molar-refractivity contribution < 1.29 is 9.47 Å². The van der Waals surface area contributed by atoms with Gasteiger partial charge in [0, 0.05) is 21.7 Å². The molecule has 3 aromatic carbocycles. The molecule has 3 nitrogen and oxygen atoms in total. The molecule has 140 valence electrons. The van der Waals surface area contributed by atoms with Crippen LogP contribution in [0.5, 0.6) is 23.0 Å². The fourth-order valence-electron chi connectivity index (χ4n) is 3.97. The first-order valence-corrected chi connectivity index (χ1v) is 10.4. The van der Waals surface area contributed by atoms with Crippen molar-refractivity contribution in [3.63, 3.8) is 0 Å². The van der Waals surface area contributed by atoms with Crippen molar-refractivity contribution in [3.8, 4) is 23.0 Å². The zero-order valence-corrected chi connectivity index (χ0v) is 16.3. The predicted octanol–water partition coefficient (Wildman–Crippen LogP) is 6.74. The highest BCUT2D eigenvalue weighted by Crippen LogP contribution is 2.54. The van der Waals surface area contributed by atoms with E-state index in [1.54, 1.807) is 11.8 Å². The van der Waals surface area contributed by atoms with E-state index in [4.69, 9.17) is 9.47 Å². The van der Waals surface area contributed by atoms with Crippen molar-refractivity contribution in [2.45, 2.75) is 15.7 Å². The van der Waals surface area contributed by atoms with Crippen LogP contribution in [0.2, 0.25) is 0 Å². The zero-order chi connectivity index (χ0) is 19.2. The van der Waals surface area contributed by atoms with Gasteiger partial charge in [0.05, 0.1) is 5.92 Å². The lowest BCUT2D eigenvalue weighted by atomic mass is 9.87. The van der Waals surface area contributed by atoms with Gasteiger partial charge in [-0.15, -0.1) is 0 Å². The lowest BCUT2D eigenvalue weighted by Gasteiger charge is -2.31. The summed E-state index contributed by atoms with van der Waals surface area (Å²) in [6.07, 6.45) is 10.2. The van der Waals surface area contributed by atoms with Crippen LogP contribution in [0.4, 0.5) is 0 Å². The minimum atomic E-state index is 0.0981. The molecule has 0 radical (unpaired) electrons. The molecule has 3 aliphatic rings. The molecule has 3 aromatic rings. The van der Waals surface area contributed by atoms with Gasteiger partial charge in [-0.05, 0) is 53.6 Å². The van der Waals surface area contributed by atoms with Crippen molar-refractivity contribution in [1.29, 1.82) is 0 Å². The van der Waals surface area contributed by atoms with Gasteiger partial charge in [-0.3, -0.25) is 0 Å². The third kappa shape index (κ3) is 2.76. The standard InChI is InChI=1S/C25H17NO2S/c1-2-9-18(26-13-7-1)25-16-8-3-6-12-23(16)29-24-15-22-21(14-17(24)25)27-19-10-4-5-11-20(19)28-22/h1-15,25-26H. The molecule has 0 spiro atoms. The highest BCUT2D eigenvalue weighted by molar-refractivity contribution is 7.99. The van der Waals surface area contributed by atoms with Gasteiger partial charge in [0.1, 0.15) is 0 Å². The van der Waals surface area contributed by atoms with Crippen LogP contribution in [-0.4, -0.2) is 0 Å². The smallest absolute Gasteiger partial charge is 0.171 e. The molecule has 0 bridgehead atoms. The first-order valence-electron chi connectivity index (χ1n) is 9.56. The summed E-state index contributed by atoms with van der Waals surface area (Å²) in [5, 5.41) is 3.47. The molecule has 3 heterocycles. The fraction of sp³-hybridized carbons (Fsp3) is 0.0400. The normalized spacial score (nSPS) is 17.9. The largest absolute Gasteiger partial charge is 0.450 e. The van der Waals surface area contributed by atoms with Crippen LogP contribution in [0.3, 0.4) is 0 Å². The van der Waals surface area contributed by atoms with Crippen molar-refractivity contribution in [3.05, 3.63) is 108 Å². The van der Waals surface area contributed by atoms with Crippen LogP contribution >= 0.6 is 11.8 Å². The Kier molecular flexibility index (Phi) is 3.77. The van der Waals surface area contributed by atoms with Gasteiger partial charge in [0.2, 0.25) is 0 Å². The Hall–Kier alpha value is -3.37. The first-order chi connectivity index (χ1) is 14.4. The van der Waals surface area contributed by atoms with Crippen LogP contribution < -0.4 is 14.8 Å². The van der Waals surface area contributed by atoms with Gasteiger partial charge < -0.3 is 14.8 Å². The SMILES string of the molecule is C1=CC=C(C2c3ccccc3Sc3cc4c(cc32)Oc2ccccc2O4)NC=C1. The number of para-hydroxylation sites is 2. The summed E-state index contributed by atoms with van der Waals surface area (Å²) in [5.41, 5.74) is 3.66. The van der Waals surface area contributed by atoms with Crippen LogP contribution in [0.1, 0.15) is 17.0 Å². The van der Waals surface area contributed by atoms with E-state index in [-0.39, 0.29) is 5.92 Å². The Bertz CT molecular complexity index is 1230. The summed E-state index contributed by atoms with van der Waals surface area (Å²) in [6.45, 7) is 0. The lowest BCUT2D eigenvalue weighted by Crippen LogP contribution is -2.19. The van der Waals surface area contributed by atoms with Gasteiger partial charge in [-0.25, -0.2) is 0 Å². The molecule has 4 heteroatoms. The maximum absolute atomic E-state index is 6.19. The second-order valence-corrected chi connectivity index (χ2v) is 8.15. The van der Waals surface area contributed by atoms with Crippen molar-refractivity contribution in [1.82, 2.24) is 5.32 Å². The molecule has 6 rings (SSSR count). The summed E-state index contributed by atoms with van der Waals surface area (Å²) >= 11 is 1.78. The zero-order valence-electron chi connectivity index (χ0n) is 15.5. The molecule has 1 N–H and O–H groups in total. The van der Waals surface area contributed by atoms with Crippen LogP contribution in [0.15, 0.2) is 107 Å². The average molecular weight is 395 g/mol. The molecular weight excluding hydrogens is 378 g/mol. The molecule has 0 fully saturated rings. The van der Waals surface area contributed by atoms with E-state index in [2.05, 4.69) is 53.9 Å². The van der Waals surface area contributed by atoms with Gasteiger partial charge in [0.25, 0.3) is 0 Å². The van der Waals surface area contributed by atoms with E-state index >= 15 is 0 Å². The summed E-state index contributed by atoms with van der Waals surface area (Å²) < 4.78 is 12.3. The fourth-order valence-corrected chi connectivity index (χ4v) is 5.12. The number of nitrogens with one attached hydrogen (secondary N) is 1. The summed E-state index contributed by atoms with van der Waals surface area (Å²) in [4.78, 5) is 2.46. The number of benzene rings is 3. The Morgan fingerprint density at radius 2 is 1.45 bits per heavy atom. The Balaban J connectivity index is 1.52. The monoisotopic (exact) mass is 395 g/mol. The number of ether oxygens (including phenoxy) is 2. The average Bonchev–Trinajstić information content (AvgIpc) is 3.04.